The van der Waals surface area contributed by atoms with Crippen molar-refractivity contribution in [3.8, 4) is 11.4 Å². The second kappa shape index (κ2) is 6.94. The van der Waals surface area contributed by atoms with Crippen LogP contribution in [0.15, 0.2) is 24.4 Å². The van der Waals surface area contributed by atoms with Crippen LogP contribution in [0.25, 0.3) is 11.4 Å². The summed E-state index contributed by atoms with van der Waals surface area (Å²) in [5.41, 5.74) is 4.60. The number of rotatable bonds is 5. The summed E-state index contributed by atoms with van der Waals surface area (Å²) in [6.07, 6.45) is 6.36. The fourth-order valence-corrected chi connectivity index (χ4v) is 3.05. The van der Waals surface area contributed by atoms with E-state index in [4.69, 9.17) is 5.10 Å². The number of amides is 1. The van der Waals surface area contributed by atoms with E-state index in [0.717, 1.165) is 24.2 Å². The summed E-state index contributed by atoms with van der Waals surface area (Å²) in [7, 11) is 0. The average molecular weight is 312 g/mol. The van der Waals surface area contributed by atoms with Crippen molar-refractivity contribution in [2.24, 2.45) is 5.92 Å². The zero-order chi connectivity index (χ0) is 16.2. The highest BCUT2D eigenvalue weighted by Crippen LogP contribution is 2.30. The Morgan fingerprint density at radius 2 is 2.13 bits per heavy atom. The lowest BCUT2D eigenvalue weighted by Gasteiger charge is -2.14. The maximum atomic E-state index is 11.7. The molecular weight excluding hydrogens is 288 g/mol. The summed E-state index contributed by atoms with van der Waals surface area (Å²) in [5, 5.41) is 7.78. The summed E-state index contributed by atoms with van der Waals surface area (Å²) in [6, 6.07) is 5.94. The van der Waals surface area contributed by atoms with Crippen LogP contribution in [0.2, 0.25) is 0 Å². The van der Waals surface area contributed by atoms with Gasteiger partial charge in [0.15, 0.2) is 0 Å². The van der Waals surface area contributed by atoms with E-state index >= 15 is 0 Å². The Morgan fingerprint density at radius 3 is 2.87 bits per heavy atom. The van der Waals surface area contributed by atoms with E-state index in [1.165, 1.54) is 24.1 Å². The van der Waals surface area contributed by atoms with Crippen LogP contribution < -0.4 is 5.32 Å². The Bertz CT molecular complexity index is 676. The normalized spacial score (nSPS) is 13.9. The Balaban J connectivity index is 1.81. The predicted octanol–water partition coefficient (Wildman–Crippen LogP) is 2.60. The molecule has 23 heavy (non-hydrogen) atoms. The van der Waals surface area contributed by atoms with E-state index in [2.05, 4.69) is 15.0 Å². The summed E-state index contributed by atoms with van der Waals surface area (Å²) in [4.78, 5) is 16.2. The number of hydrogen-bond donors (Lipinski definition) is 1. The molecule has 122 valence electrons. The largest absolute Gasteiger partial charge is 0.354 e. The van der Waals surface area contributed by atoms with E-state index in [1.54, 1.807) is 0 Å². The number of carbonyl (C=O) groups is 1. The third-order valence-electron chi connectivity index (χ3n) is 4.31. The number of nitrogens with zero attached hydrogens (tertiary/aromatic N) is 3. The van der Waals surface area contributed by atoms with Gasteiger partial charge in [0.1, 0.15) is 5.69 Å². The molecule has 0 radical (unpaired) electrons. The molecule has 2 aromatic heterocycles. The third kappa shape index (κ3) is 3.44. The maximum Gasteiger partial charge on any atom is 0.222 e. The van der Waals surface area contributed by atoms with E-state index in [9.17, 15) is 4.79 Å². The van der Waals surface area contributed by atoms with Gasteiger partial charge in [-0.05, 0) is 37.8 Å². The molecule has 5 nitrogen and oxygen atoms in total. The molecular formula is C18H24N4O. The third-order valence-corrected chi connectivity index (χ3v) is 4.31. The molecule has 1 aliphatic rings. The van der Waals surface area contributed by atoms with Gasteiger partial charge >= 0.3 is 0 Å². The number of pyridine rings is 1. The lowest BCUT2D eigenvalue weighted by molar-refractivity contribution is -0.124. The highest BCUT2D eigenvalue weighted by molar-refractivity contribution is 5.77. The van der Waals surface area contributed by atoms with Crippen LogP contribution in [0, 0.1) is 5.92 Å². The number of nitrogens with one attached hydrogen (secondary N) is 1. The first-order chi connectivity index (χ1) is 11.2. The monoisotopic (exact) mass is 312 g/mol. The molecule has 2 heterocycles. The van der Waals surface area contributed by atoms with Gasteiger partial charge in [0.05, 0.1) is 12.2 Å². The van der Waals surface area contributed by atoms with Gasteiger partial charge in [-0.3, -0.25) is 14.5 Å². The van der Waals surface area contributed by atoms with Gasteiger partial charge in [-0.25, -0.2) is 0 Å². The van der Waals surface area contributed by atoms with Crippen molar-refractivity contribution in [1.29, 1.82) is 0 Å². The predicted molar refractivity (Wildman–Crippen MR) is 89.9 cm³/mol. The number of carbonyl (C=O) groups excluding carboxylic acids is 1. The van der Waals surface area contributed by atoms with Gasteiger partial charge in [-0.1, -0.05) is 19.9 Å². The van der Waals surface area contributed by atoms with Crippen LogP contribution in [0.5, 0.6) is 0 Å². The summed E-state index contributed by atoms with van der Waals surface area (Å²) in [6.45, 7) is 5.15. The lowest BCUT2D eigenvalue weighted by atomic mass is 9.95. The minimum atomic E-state index is 0.0191. The summed E-state index contributed by atoms with van der Waals surface area (Å²) in [5.74, 6) is 0.113. The topological polar surface area (TPSA) is 59.8 Å². The smallest absolute Gasteiger partial charge is 0.222 e. The van der Waals surface area contributed by atoms with Crippen molar-refractivity contribution >= 4 is 5.91 Å². The highest BCUT2D eigenvalue weighted by Gasteiger charge is 2.22. The Morgan fingerprint density at radius 1 is 1.30 bits per heavy atom. The first-order valence-electron chi connectivity index (χ1n) is 8.44. The fraction of sp³-hybridized carbons (Fsp3) is 0.500. The van der Waals surface area contributed by atoms with E-state index < -0.39 is 0 Å². The average Bonchev–Trinajstić information content (AvgIpc) is 2.94. The van der Waals surface area contributed by atoms with Gasteiger partial charge in [0, 0.05) is 29.9 Å². The van der Waals surface area contributed by atoms with Gasteiger partial charge in [0.2, 0.25) is 5.91 Å². The molecule has 0 aromatic carbocycles. The van der Waals surface area contributed by atoms with Gasteiger partial charge in [0.25, 0.3) is 0 Å². The van der Waals surface area contributed by atoms with Crippen molar-refractivity contribution in [3.05, 3.63) is 35.7 Å². The zero-order valence-corrected chi connectivity index (χ0v) is 13.9. The van der Waals surface area contributed by atoms with Crippen molar-refractivity contribution in [2.75, 3.05) is 6.54 Å². The van der Waals surface area contributed by atoms with Crippen LogP contribution >= 0.6 is 0 Å². The van der Waals surface area contributed by atoms with E-state index in [0.29, 0.717) is 13.1 Å². The second-order valence-electron chi connectivity index (χ2n) is 6.36. The quantitative estimate of drug-likeness (QED) is 0.923. The fourth-order valence-electron chi connectivity index (χ4n) is 3.05. The second-order valence-corrected chi connectivity index (χ2v) is 6.36. The molecule has 0 saturated carbocycles. The lowest BCUT2D eigenvalue weighted by Crippen LogP contribution is -2.31. The summed E-state index contributed by atoms with van der Waals surface area (Å²) < 4.78 is 2.07. The van der Waals surface area contributed by atoms with E-state index in [-0.39, 0.29) is 11.8 Å². The molecule has 0 unspecified atom stereocenters. The Labute approximate surface area is 137 Å². The summed E-state index contributed by atoms with van der Waals surface area (Å²) >= 11 is 0. The van der Waals surface area contributed by atoms with Gasteiger partial charge in [-0.15, -0.1) is 0 Å². The standard InChI is InChI=1S/C18H24N4O/c1-13(2)18(23)20-11-12-22-16-9-4-3-7-14(16)17(21-22)15-8-5-6-10-19-15/h5-6,8,10,13H,3-4,7,9,11-12H2,1-2H3,(H,20,23). The van der Waals surface area contributed by atoms with E-state index in [1.807, 2.05) is 38.2 Å². The molecule has 1 aliphatic carbocycles. The minimum absolute atomic E-state index is 0.0191. The molecule has 1 N–H and O–H groups in total. The molecule has 0 aliphatic heterocycles. The van der Waals surface area contributed by atoms with Crippen molar-refractivity contribution < 1.29 is 4.79 Å². The molecule has 5 heteroatoms. The molecule has 0 saturated heterocycles. The minimum Gasteiger partial charge on any atom is -0.354 e. The number of aromatic nitrogens is 3. The van der Waals surface area contributed by atoms with Crippen LogP contribution in [-0.2, 0) is 24.2 Å². The van der Waals surface area contributed by atoms with Crippen molar-refractivity contribution in [1.82, 2.24) is 20.1 Å². The molecule has 1 amide bonds. The van der Waals surface area contributed by atoms with Crippen molar-refractivity contribution in [2.45, 2.75) is 46.1 Å². The molecule has 0 spiro atoms. The molecule has 3 rings (SSSR count). The molecule has 0 bridgehead atoms. The van der Waals surface area contributed by atoms with Crippen molar-refractivity contribution in [3.63, 3.8) is 0 Å². The Kier molecular flexibility index (Phi) is 4.74. The van der Waals surface area contributed by atoms with Crippen LogP contribution in [0.4, 0.5) is 0 Å². The number of hydrogen-bond acceptors (Lipinski definition) is 3. The van der Waals surface area contributed by atoms with Gasteiger partial charge in [-0.2, -0.15) is 5.10 Å². The maximum absolute atomic E-state index is 11.7. The van der Waals surface area contributed by atoms with Crippen LogP contribution in [0.1, 0.15) is 37.9 Å². The van der Waals surface area contributed by atoms with Crippen LogP contribution in [-0.4, -0.2) is 27.2 Å². The van der Waals surface area contributed by atoms with Gasteiger partial charge < -0.3 is 5.32 Å². The molecule has 0 fully saturated rings. The molecule has 0 atom stereocenters. The SMILES string of the molecule is CC(C)C(=O)NCCn1nc(-c2ccccn2)c2c1CCCC2. The Hall–Kier alpha value is -2.17. The number of fused-ring (bicyclic) bond motifs is 1. The first-order valence-corrected chi connectivity index (χ1v) is 8.44. The first kappa shape index (κ1) is 15.7. The zero-order valence-electron chi connectivity index (χ0n) is 13.9. The van der Waals surface area contributed by atoms with Crippen LogP contribution in [0.3, 0.4) is 0 Å². The molecule has 2 aromatic rings. The highest BCUT2D eigenvalue weighted by atomic mass is 16.1.